The van der Waals surface area contributed by atoms with Crippen LogP contribution in [0.2, 0.25) is 10.4 Å². The van der Waals surface area contributed by atoms with Crippen molar-refractivity contribution >= 4 is 34.9 Å². The van der Waals surface area contributed by atoms with Gasteiger partial charge in [-0.05, 0) is 24.4 Å². The molecule has 0 aliphatic heterocycles. The summed E-state index contributed by atoms with van der Waals surface area (Å²) in [5.74, 6) is 0.00157. The van der Waals surface area contributed by atoms with E-state index in [9.17, 15) is 4.79 Å². The molecule has 0 bridgehead atoms. The van der Waals surface area contributed by atoms with E-state index >= 15 is 0 Å². The second-order valence-electron chi connectivity index (χ2n) is 4.74. The highest BCUT2D eigenvalue weighted by atomic mass is 35.5. The number of nitrogens with one attached hydrogen (secondary N) is 1. The van der Waals surface area contributed by atoms with E-state index in [0.717, 1.165) is 32.1 Å². The quantitative estimate of drug-likeness (QED) is 0.500. The number of rotatable bonds is 2. The van der Waals surface area contributed by atoms with Gasteiger partial charge >= 0.3 is 0 Å². The molecule has 0 radical (unpaired) electrons. The normalized spacial score (nSPS) is 23.7. The van der Waals surface area contributed by atoms with Crippen molar-refractivity contribution in [2.45, 2.75) is 38.1 Å². The van der Waals surface area contributed by atoms with E-state index in [1.165, 1.54) is 6.07 Å². The summed E-state index contributed by atoms with van der Waals surface area (Å²) in [6.45, 7) is 0. The van der Waals surface area contributed by atoms with Crippen molar-refractivity contribution in [2.24, 2.45) is 11.7 Å². The van der Waals surface area contributed by atoms with E-state index in [-0.39, 0.29) is 28.3 Å². The molecule has 1 aromatic heterocycles. The molecule has 2 atom stereocenters. The van der Waals surface area contributed by atoms with Gasteiger partial charge in [0, 0.05) is 12.1 Å². The summed E-state index contributed by atoms with van der Waals surface area (Å²) in [5.41, 5.74) is 6.05. The van der Waals surface area contributed by atoms with Crippen LogP contribution in [0.4, 0.5) is 5.82 Å². The number of carbonyl (C=O) groups excluding carboxylic acids is 1. The van der Waals surface area contributed by atoms with Crippen LogP contribution in [0.3, 0.4) is 0 Å². The number of hydrogen-bond acceptors (Lipinski definition) is 4. The SMILES string of the molecule is NC1CCCCCC1C(=O)Nc1cc(Cl)nc(Cl)n1. The summed E-state index contributed by atoms with van der Waals surface area (Å²) in [6, 6.07) is 1.36. The minimum absolute atomic E-state index is 0.00737. The Morgan fingerprint density at radius 1 is 1.26 bits per heavy atom. The minimum Gasteiger partial charge on any atom is -0.327 e. The first-order chi connectivity index (χ1) is 9.06. The van der Waals surface area contributed by atoms with Crippen LogP contribution in [0.15, 0.2) is 6.07 Å². The van der Waals surface area contributed by atoms with E-state index in [1.807, 2.05) is 0 Å². The molecule has 19 heavy (non-hydrogen) atoms. The summed E-state index contributed by atoms with van der Waals surface area (Å²) in [6.07, 6.45) is 4.92. The van der Waals surface area contributed by atoms with Crippen molar-refractivity contribution in [3.8, 4) is 0 Å². The van der Waals surface area contributed by atoms with Gasteiger partial charge in [0.05, 0.1) is 5.92 Å². The van der Waals surface area contributed by atoms with Crippen LogP contribution in [-0.2, 0) is 4.79 Å². The van der Waals surface area contributed by atoms with E-state index in [0.29, 0.717) is 5.82 Å². The van der Waals surface area contributed by atoms with Crippen LogP contribution >= 0.6 is 23.2 Å². The molecule has 1 heterocycles. The van der Waals surface area contributed by atoms with Crippen molar-refractivity contribution in [3.63, 3.8) is 0 Å². The number of nitrogens with two attached hydrogens (primary N) is 1. The largest absolute Gasteiger partial charge is 0.327 e. The van der Waals surface area contributed by atoms with Crippen molar-refractivity contribution < 1.29 is 4.79 Å². The monoisotopic (exact) mass is 302 g/mol. The second kappa shape index (κ2) is 6.50. The van der Waals surface area contributed by atoms with Crippen LogP contribution in [-0.4, -0.2) is 21.9 Å². The number of nitrogens with zero attached hydrogens (tertiary/aromatic N) is 2. The molecule has 3 N–H and O–H groups in total. The van der Waals surface area contributed by atoms with Gasteiger partial charge in [-0.3, -0.25) is 4.79 Å². The Bertz CT molecular complexity index is 449. The zero-order chi connectivity index (χ0) is 13.8. The molecule has 1 aliphatic carbocycles. The molecule has 1 aromatic rings. The topological polar surface area (TPSA) is 80.9 Å². The van der Waals surface area contributed by atoms with Crippen LogP contribution in [0.1, 0.15) is 32.1 Å². The van der Waals surface area contributed by atoms with Gasteiger partial charge in [0.1, 0.15) is 11.0 Å². The highest BCUT2D eigenvalue weighted by Gasteiger charge is 2.27. The third-order valence-electron chi connectivity index (χ3n) is 3.33. The van der Waals surface area contributed by atoms with Gasteiger partial charge < -0.3 is 11.1 Å². The second-order valence-corrected chi connectivity index (χ2v) is 5.47. The maximum absolute atomic E-state index is 12.2. The van der Waals surface area contributed by atoms with Gasteiger partial charge in [-0.15, -0.1) is 0 Å². The minimum atomic E-state index is -0.185. The number of amides is 1. The summed E-state index contributed by atoms with van der Waals surface area (Å²) in [5, 5.41) is 2.91. The maximum Gasteiger partial charge on any atom is 0.230 e. The molecule has 0 spiro atoms. The third kappa shape index (κ3) is 4.03. The molecule has 1 aliphatic rings. The first-order valence-corrected chi connectivity index (χ1v) is 7.08. The number of carbonyl (C=O) groups is 1. The zero-order valence-electron chi connectivity index (χ0n) is 10.4. The van der Waals surface area contributed by atoms with Crippen molar-refractivity contribution in [1.82, 2.24) is 9.97 Å². The molecular formula is C12H16Cl2N4O. The Morgan fingerprint density at radius 2 is 2.00 bits per heavy atom. The van der Waals surface area contributed by atoms with Gasteiger partial charge in [0.2, 0.25) is 11.2 Å². The Labute approximate surface area is 121 Å². The smallest absolute Gasteiger partial charge is 0.230 e. The Morgan fingerprint density at radius 3 is 2.74 bits per heavy atom. The highest BCUT2D eigenvalue weighted by Crippen LogP contribution is 2.24. The first kappa shape index (κ1) is 14.5. The van der Waals surface area contributed by atoms with Crippen LogP contribution < -0.4 is 11.1 Å². The molecule has 5 nitrogen and oxygen atoms in total. The van der Waals surface area contributed by atoms with Gasteiger partial charge in [0.25, 0.3) is 0 Å². The number of aromatic nitrogens is 2. The van der Waals surface area contributed by atoms with Crippen molar-refractivity contribution in [2.75, 3.05) is 5.32 Å². The average molecular weight is 303 g/mol. The van der Waals surface area contributed by atoms with Crippen LogP contribution in [0, 0.1) is 5.92 Å². The predicted molar refractivity (Wildman–Crippen MR) is 75.2 cm³/mol. The summed E-state index contributed by atoms with van der Waals surface area (Å²) < 4.78 is 0. The van der Waals surface area contributed by atoms with Crippen molar-refractivity contribution in [3.05, 3.63) is 16.5 Å². The molecule has 0 aromatic carbocycles. The molecular weight excluding hydrogens is 287 g/mol. The Hall–Kier alpha value is -0.910. The molecule has 0 saturated heterocycles. The molecule has 1 saturated carbocycles. The fraction of sp³-hybridized carbons (Fsp3) is 0.583. The third-order valence-corrected chi connectivity index (χ3v) is 3.69. The van der Waals surface area contributed by atoms with Gasteiger partial charge in [-0.2, -0.15) is 0 Å². The fourth-order valence-corrected chi connectivity index (χ4v) is 2.74. The van der Waals surface area contributed by atoms with E-state index < -0.39 is 0 Å². The standard InChI is InChI=1S/C12H16Cl2N4O/c13-9-6-10(18-12(14)16-9)17-11(19)7-4-2-1-3-5-8(7)15/h6-8H,1-5,15H2,(H,16,17,18,19). The molecule has 1 amide bonds. The zero-order valence-corrected chi connectivity index (χ0v) is 11.9. The highest BCUT2D eigenvalue weighted by molar-refractivity contribution is 6.32. The van der Waals surface area contributed by atoms with Gasteiger partial charge in [0.15, 0.2) is 0 Å². The van der Waals surface area contributed by atoms with Crippen LogP contribution in [0.5, 0.6) is 0 Å². The molecule has 2 rings (SSSR count). The van der Waals surface area contributed by atoms with Crippen molar-refractivity contribution in [1.29, 1.82) is 0 Å². The number of hydrogen-bond donors (Lipinski definition) is 2. The van der Waals surface area contributed by atoms with E-state index in [1.54, 1.807) is 0 Å². The summed E-state index contributed by atoms with van der Waals surface area (Å²) in [4.78, 5) is 19.9. The lowest BCUT2D eigenvalue weighted by Crippen LogP contribution is -2.38. The van der Waals surface area contributed by atoms with E-state index in [4.69, 9.17) is 28.9 Å². The first-order valence-electron chi connectivity index (χ1n) is 6.33. The maximum atomic E-state index is 12.2. The van der Waals surface area contributed by atoms with Gasteiger partial charge in [-0.25, -0.2) is 9.97 Å². The molecule has 7 heteroatoms. The van der Waals surface area contributed by atoms with Gasteiger partial charge in [-0.1, -0.05) is 30.9 Å². The summed E-state index contributed by atoms with van der Waals surface area (Å²) in [7, 11) is 0. The average Bonchev–Trinajstić information content (AvgIpc) is 2.52. The summed E-state index contributed by atoms with van der Waals surface area (Å²) >= 11 is 11.5. The number of halogens is 2. The number of anilines is 1. The Kier molecular flexibility index (Phi) is 4.96. The molecule has 2 unspecified atom stereocenters. The van der Waals surface area contributed by atoms with Crippen LogP contribution in [0.25, 0.3) is 0 Å². The Balaban J connectivity index is 2.06. The fourth-order valence-electron chi connectivity index (χ4n) is 2.33. The lowest BCUT2D eigenvalue weighted by molar-refractivity contribution is -0.120. The predicted octanol–water partition coefficient (Wildman–Crippen LogP) is 2.63. The lowest BCUT2D eigenvalue weighted by atomic mass is 9.94. The molecule has 1 fully saturated rings. The van der Waals surface area contributed by atoms with E-state index in [2.05, 4.69) is 15.3 Å². The molecule has 104 valence electrons. The lowest BCUT2D eigenvalue weighted by Gasteiger charge is -2.20.